The Morgan fingerprint density at radius 1 is 1.25 bits per heavy atom. The van der Waals surface area contributed by atoms with Crippen LogP contribution in [0.15, 0.2) is 48.6 Å². The monoisotopic (exact) mass is 390 g/mol. The topological polar surface area (TPSA) is 64.4 Å². The van der Waals surface area contributed by atoms with E-state index in [1.165, 1.54) is 25.3 Å². The zero-order chi connectivity index (χ0) is 20.1. The highest BCUT2D eigenvalue weighted by atomic mass is 19.4. The number of halogens is 3. The predicted molar refractivity (Wildman–Crippen MR) is 97.4 cm³/mol. The lowest BCUT2D eigenvalue weighted by Crippen LogP contribution is -2.30. The van der Waals surface area contributed by atoms with Crippen LogP contribution in [0.3, 0.4) is 0 Å². The molecule has 2 aromatic carbocycles. The highest BCUT2D eigenvalue weighted by Crippen LogP contribution is 2.53. The summed E-state index contributed by atoms with van der Waals surface area (Å²) in [4.78, 5) is 10.8. The fourth-order valence-electron chi connectivity index (χ4n) is 4.23. The van der Waals surface area contributed by atoms with Crippen molar-refractivity contribution >= 4 is 11.4 Å². The Morgan fingerprint density at radius 3 is 2.71 bits per heavy atom. The Balaban J connectivity index is 1.83. The molecule has 1 heterocycles. The van der Waals surface area contributed by atoms with Crippen LogP contribution >= 0.6 is 0 Å². The minimum Gasteiger partial charge on any atom is -0.490 e. The molecule has 0 amide bonds. The largest absolute Gasteiger partial charge is 0.490 e. The van der Waals surface area contributed by atoms with Crippen LogP contribution in [0.2, 0.25) is 0 Å². The molecule has 8 heteroatoms. The Morgan fingerprint density at radius 2 is 2.04 bits per heavy atom. The first-order valence-electron chi connectivity index (χ1n) is 8.77. The van der Waals surface area contributed by atoms with Crippen molar-refractivity contribution in [3.8, 4) is 5.75 Å². The molecule has 3 atom stereocenters. The Bertz CT molecular complexity index is 972. The molecule has 0 aromatic heterocycles. The van der Waals surface area contributed by atoms with Crippen molar-refractivity contribution in [2.75, 3.05) is 12.4 Å². The minimum atomic E-state index is -4.50. The highest BCUT2D eigenvalue weighted by Gasteiger charge is 2.43. The van der Waals surface area contributed by atoms with Crippen LogP contribution in [-0.4, -0.2) is 12.0 Å². The molecule has 0 unspecified atom stereocenters. The maximum atomic E-state index is 13.6. The summed E-state index contributed by atoms with van der Waals surface area (Å²) >= 11 is 0. The molecular formula is C20H17F3N2O3. The summed E-state index contributed by atoms with van der Waals surface area (Å²) in [6, 6.07) is 8.23. The number of nitro benzene ring substituents is 1. The van der Waals surface area contributed by atoms with Gasteiger partial charge in [0.1, 0.15) is 0 Å². The van der Waals surface area contributed by atoms with E-state index in [4.69, 9.17) is 4.74 Å². The molecule has 1 aliphatic heterocycles. The second-order valence-electron chi connectivity index (χ2n) is 6.93. The number of benzene rings is 2. The first kappa shape index (κ1) is 18.3. The molecule has 4 rings (SSSR count). The number of nitrogens with zero attached hydrogens (tertiary/aromatic N) is 1. The maximum absolute atomic E-state index is 13.6. The average Bonchev–Trinajstić information content (AvgIpc) is 3.15. The molecular weight excluding hydrogens is 373 g/mol. The number of hydrogen-bond donors (Lipinski definition) is 1. The van der Waals surface area contributed by atoms with E-state index in [1.54, 1.807) is 12.1 Å². The van der Waals surface area contributed by atoms with Gasteiger partial charge in [0.05, 0.1) is 29.3 Å². The van der Waals surface area contributed by atoms with Gasteiger partial charge >= 0.3 is 11.9 Å². The third kappa shape index (κ3) is 2.89. The Labute approximate surface area is 159 Å². The number of fused-ring (bicyclic) bond motifs is 3. The van der Waals surface area contributed by atoms with Crippen molar-refractivity contribution in [1.82, 2.24) is 0 Å². The van der Waals surface area contributed by atoms with E-state index in [9.17, 15) is 23.3 Å². The molecule has 28 heavy (non-hydrogen) atoms. The van der Waals surface area contributed by atoms with E-state index >= 15 is 0 Å². The van der Waals surface area contributed by atoms with Crippen molar-refractivity contribution in [2.24, 2.45) is 5.92 Å². The minimum absolute atomic E-state index is 0.0241. The van der Waals surface area contributed by atoms with Gasteiger partial charge in [-0.3, -0.25) is 10.1 Å². The molecule has 0 radical (unpaired) electrons. The van der Waals surface area contributed by atoms with E-state index in [1.807, 2.05) is 12.2 Å². The Hall–Kier alpha value is -3.03. The van der Waals surface area contributed by atoms with Gasteiger partial charge in [-0.05, 0) is 35.6 Å². The summed E-state index contributed by atoms with van der Waals surface area (Å²) in [7, 11) is 1.34. The number of nitrogens with one attached hydrogen (secondary N) is 1. The second-order valence-corrected chi connectivity index (χ2v) is 6.93. The van der Waals surface area contributed by atoms with Crippen molar-refractivity contribution < 1.29 is 22.8 Å². The van der Waals surface area contributed by atoms with Gasteiger partial charge in [0.25, 0.3) is 0 Å². The number of alkyl halides is 3. The van der Waals surface area contributed by atoms with Gasteiger partial charge in [-0.15, -0.1) is 0 Å². The number of ether oxygens (including phenoxy) is 1. The molecule has 0 saturated carbocycles. The van der Waals surface area contributed by atoms with Crippen molar-refractivity contribution in [2.45, 2.75) is 24.6 Å². The maximum Gasteiger partial charge on any atom is 0.418 e. The van der Waals surface area contributed by atoms with Gasteiger partial charge in [-0.25, -0.2) is 0 Å². The Kier molecular flexibility index (Phi) is 4.28. The fraction of sp³-hybridized carbons (Fsp3) is 0.300. The summed E-state index contributed by atoms with van der Waals surface area (Å²) < 4.78 is 45.7. The fourth-order valence-corrected chi connectivity index (χ4v) is 4.23. The zero-order valence-electron chi connectivity index (χ0n) is 14.9. The van der Waals surface area contributed by atoms with Crippen LogP contribution in [-0.2, 0) is 6.18 Å². The number of hydrogen-bond acceptors (Lipinski definition) is 4. The van der Waals surface area contributed by atoms with Gasteiger partial charge in [0, 0.05) is 12.0 Å². The summed E-state index contributed by atoms with van der Waals surface area (Å²) in [6.45, 7) is 0. The lowest BCUT2D eigenvalue weighted by Gasteiger charge is -2.38. The summed E-state index contributed by atoms with van der Waals surface area (Å²) in [5, 5.41) is 14.4. The smallest absolute Gasteiger partial charge is 0.418 e. The molecule has 5 nitrogen and oxygen atoms in total. The van der Waals surface area contributed by atoms with Crippen LogP contribution in [0.5, 0.6) is 5.75 Å². The quantitative estimate of drug-likeness (QED) is 0.430. The molecule has 146 valence electrons. The third-order valence-corrected chi connectivity index (χ3v) is 5.46. The highest BCUT2D eigenvalue weighted by molar-refractivity contribution is 5.65. The zero-order valence-corrected chi connectivity index (χ0v) is 14.9. The van der Waals surface area contributed by atoms with E-state index in [2.05, 4.69) is 5.32 Å². The van der Waals surface area contributed by atoms with E-state index in [-0.39, 0.29) is 29.0 Å². The van der Waals surface area contributed by atoms with E-state index in [0.717, 1.165) is 6.07 Å². The van der Waals surface area contributed by atoms with Gasteiger partial charge in [0.2, 0.25) is 0 Å². The molecule has 0 fully saturated rings. The van der Waals surface area contributed by atoms with Crippen LogP contribution in [0, 0.1) is 16.0 Å². The first-order valence-corrected chi connectivity index (χ1v) is 8.77. The standard InChI is InChI=1S/C20H17F3N2O3/c1-28-17-9-8-11(10-16(17)25(26)27)18-13-5-2-4-12(13)14-6-3-7-15(19(14)24-18)20(21,22)23/h2-4,6-10,12-13,18,24H,5H2,1H3/t12-,13-,18+/m1/s1. The van der Waals surface area contributed by atoms with Gasteiger partial charge in [-0.2, -0.15) is 13.2 Å². The van der Waals surface area contributed by atoms with E-state index in [0.29, 0.717) is 17.5 Å². The molecule has 0 saturated heterocycles. The molecule has 1 N–H and O–H groups in total. The van der Waals surface area contributed by atoms with Crippen molar-refractivity contribution in [1.29, 1.82) is 0 Å². The first-order chi connectivity index (χ1) is 13.3. The van der Waals surface area contributed by atoms with Crippen LogP contribution in [0.4, 0.5) is 24.5 Å². The van der Waals surface area contributed by atoms with Crippen molar-refractivity contribution in [3.05, 3.63) is 75.4 Å². The van der Waals surface area contributed by atoms with Crippen LogP contribution in [0.1, 0.15) is 35.1 Å². The molecule has 2 aromatic rings. The number of methoxy groups -OCH3 is 1. The molecule has 1 aliphatic carbocycles. The van der Waals surface area contributed by atoms with E-state index < -0.39 is 22.7 Å². The lowest BCUT2D eigenvalue weighted by atomic mass is 9.76. The number of allylic oxidation sites excluding steroid dienone is 2. The van der Waals surface area contributed by atoms with Crippen molar-refractivity contribution in [3.63, 3.8) is 0 Å². The second kappa shape index (κ2) is 6.54. The summed E-state index contributed by atoms with van der Waals surface area (Å²) in [6.07, 6.45) is 0.0640. The SMILES string of the molecule is COc1ccc([C@@H]2Nc3c(cccc3C(F)(F)F)[C@@H]3C=CC[C@H]32)cc1[N+](=O)[O-]. The van der Waals surface area contributed by atoms with Gasteiger partial charge < -0.3 is 10.1 Å². The third-order valence-electron chi connectivity index (χ3n) is 5.46. The summed E-state index contributed by atoms with van der Waals surface area (Å²) in [5.41, 5.74) is 0.281. The molecule has 0 spiro atoms. The number of para-hydroxylation sites is 1. The molecule has 0 bridgehead atoms. The molecule has 2 aliphatic rings. The predicted octanol–water partition coefficient (Wildman–Crippen LogP) is 5.45. The normalized spacial score (nSPS) is 22.9. The number of nitro groups is 1. The van der Waals surface area contributed by atoms with Crippen LogP contribution in [0.25, 0.3) is 0 Å². The van der Waals surface area contributed by atoms with Gasteiger partial charge in [-0.1, -0.05) is 30.4 Å². The average molecular weight is 390 g/mol. The van der Waals surface area contributed by atoms with Gasteiger partial charge in [0.15, 0.2) is 5.75 Å². The van der Waals surface area contributed by atoms with Crippen LogP contribution < -0.4 is 10.1 Å². The summed E-state index contributed by atoms with van der Waals surface area (Å²) in [5.74, 6) is -0.0873. The number of rotatable bonds is 3. The lowest BCUT2D eigenvalue weighted by molar-refractivity contribution is -0.385. The number of anilines is 1.